The summed E-state index contributed by atoms with van der Waals surface area (Å²) < 4.78 is 26.4. The Morgan fingerprint density at radius 2 is 1.50 bits per heavy atom. The molecule has 1 N–H and O–H groups in total. The van der Waals surface area contributed by atoms with Gasteiger partial charge in [0.2, 0.25) is 10.0 Å². The van der Waals surface area contributed by atoms with Crippen molar-refractivity contribution in [2.45, 2.75) is 13.3 Å². The van der Waals surface area contributed by atoms with Gasteiger partial charge in [0, 0.05) is 58.9 Å². The van der Waals surface area contributed by atoms with Crippen LogP contribution >= 0.6 is 0 Å². The Morgan fingerprint density at radius 1 is 0.900 bits per heavy atom. The maximum Gasteiger partial charge on any atom is 0.215 e. The van der Waals surface area contributed by atoms with Crippen molar-refractivity contribution in [3.8, 4) is 0 Å². The van der Waals surface area contributed by atoms with Gasteiger partial charge in [-0.05, 0) is 13.0 Å². The molecule has 0 bridgehead atoms. The van der Waals surface area contributed by atoms with Crippen molar-refractivity contribution in [1.29, 1.82) is 0 Å². The zero-order chi connectivity index (χ0) is 14.4. The van der Waals surface area contributed by atoms with Crippen LogP contribution in [0.1, 0.15) is 13.3 Å². The molecule has 6 nitrogen and oxygen atoms in total. The lowest BCUT2D eigenvalue weighted by molar-refractivity contribution is 0.187. The quantitative estimate of drug-likeness (QED) is 0.700. The second-order valence-corrected chi connectivity index (χ2v) is 7.74. The Morgan fingerprint density at radius 3 is 2.10 bits per heavy atom. The number of nitrogens with zero attached hydrogens (tertiary/aromatic N) is 3. The van der Waals surface area contributed by atoms with E-state index in [0.717, 1.165) is 52.2 Å². The molecule has 2 heterocycles. The molecule has 118 valence electrons. The highest BCUT2D eigenvalue weighted by Crippen LogP contribution is 2.09. The molecule has 2 saturated heterocycles. The fourth-order valence-electron chi connectivity index (χ4n) is 2.86. The number of rotatable bonds is 6. The summed E-state index contributed by atoms with van der Waals surface area (Å²) in [5.41, 5.74) is 0. The zero-order valence-electron chi connectivity index (χ0n) is 12.6. The summed E-state index contributed by atoms with van der Waals surface area (Å²) in [6.07, 6.45) is 1.13. The fraction of sp³-hybridized carbons (Fsp3) is 1.00. The summed E-state index contributed by atoms with van der Waals surface area (Å²) >= 11 is 0. The summed E-state index contributed by atoms with van der Waals surface area (Å²) in [5.74, 6) is 0.265. The van der Waals surface area contributed by atoms with E-state index in [0.29, 0.717) is 19.6 Å². The predicted octanol–water partition coefficient (Wildman–Crippen LogP) is -0.751. The largest absolute Gasteiger partial charge is 0.314 e. The summed E-state index contributed by atoms with van der Waals surface area (Å²) in [5, 5.41) is 3.28. The third kappa shape index (κ3) is 4.66. The molecule has 2 rings (SSSR count). The van der Waals surface area contributed by atoms with Crippen LogP contribution in [0.3, 0.4) is 0 Å². The molecule has 0 saturated carbocycles. The van der Waals surface area contributed by atoms with E-state index in [1.165, 1.54) is 0 Å². The van der Waals surface area contributed by atoms with Crippen LogP contribution in [-0.2, 0) is 10.0 Å². The molecule has 0 amide bonds. The van der Waals surface area contributed by atoms with Crippen LogP contribution < -0.4 is 5.32 Å². The summed E-state index contributed by atoms with van der Waals surface area (Å²) in [4.78, 5) is 4.59. The van der Waals surface area contributed by atoms with Crippen LogP contribution in [0.25, 0.3) is 0 Å². The van der Waals surface area contributed by atoms with Gasteiger partial charge < -0.3 is 10.2 Å². The third-order valence-corrected chi connectivity index (χ3v) is 5.99. The van der Waals surface area contributed by atoms with Gasteiger partial charge in [-0.1, -0.05) is 6.92 Å². The van der Waals surface area contributed by atoms with Crippen LogP contribution in [0.15, 0.2) is 0 Å². The molecule has 0 aromatic carbocycles. The molecule has 0 aromatic heterocycles. The molecule has 0 unspecified atom stereocenters. The van der Waals surface area contributed by atoms with E-state index in [2.05, 4.69) is 22.0 Å². The summed E-state index contributed by atoms with van der Waals surface area (Å²) in [6.45, 7) is 10.8. The second kappa shape index (κ2) is 7.70. The zero-order valence-corrected chi connectivity index (χ0v) is 13.4. The Balaban J connectivity index is 1.75. The molecule has 0 aliphatic carbocycles. The van der Waals surface area contributed by atoms with Gasteiger partial charge in [0.25, 0.3) is 0 Å². The summed E-state index contributed by atoms with van der Waals surface area (Å²) in [6, 6.07) is 0. The highest BCUT2D eigenvalue weighted by molar-refractivity contribution is 7.89. The molecule has 2 fully saturated rings. The molecule has 2 aliphatic rings. The Labute approximate surface area is 123 Å². The van der Waals surface area contributed by atoms with Crippen molar-refractivity contribution in [2.75, 3.05) is 71.2 Å². The first-order valence-electron chi connectivity index (χ1n) is 7.75. The Hall–Kier alpha value is -0.210. The van der Waals surface area contributed by atoms with Crippen molar-refractivity contribution in [3.63, 3.8) is 0 Å². The lowest BCUT2D eigenvalue weighted by atomic mass is 10.3. The molecule has 2 aliphatic heterocycles. The van der Waals surface area contributed by atoms with Gasteiger partial charge in [-0.15, -0.1) is 0 Å². The van der Waals surface area contributed by atoms with E-state index >= 15 is 0 Å². The molecule has 0 spiro atoms. The van der Waals surface area contributed by atoms with Gasteiger partial charge in [0.1, 0.15) is 0 Å². The van der Waals surface area contributed by atoms with E-state index < -0.39 is 10.0 Å². The number of piperazine rings is 2. The van der Waals surface area contributed by atoms with Crippen LogP contribution in [0.4, 0.5) is 0 Å². The fourth-order valence-corrected chi connectivity index (χ4v) is 4.32. The van der Waals surface area contributed by atoms with Crippen molar-refractivity contribution in [2.24, 2.45) is 0 Å². The van der Waals surface area contributed by atoms with Crippen molar-refractivity contribution < 1.29 is 8.42 Å². The molecule has 0 radical (unpaired) electrons. The van der Waals surface area contributed by atoms with Gasteiger partial charge in [0.05, 0.1) is 5.75 Å². The minimum Gasteiger partial charge on any atom is -0.314 e. The topological polar surface area (TPSA) is 55.9 Å². The Kier molecular flexibility index (Phi) is 6.22. The van der Waals surface area contributed by atoms with Crippen LogP contribution in [0, 0.1) is 0 Å². The third-order valence-electron chi connectivity index (χ3n) is 4.14. The van der Waals surface area contributed by atoms with E-state index in [4.69, 9.17) is 0 Å². The van der Waals surface area contributed by atoms with Crippen LogP contribution in [-0.4, -0.2) is 93.7 Å². The smallest absolute Gasteiger partial charge is 0.215 e. The minimum absolute atomic E-state index is 0.265. The average molecular weight is 304 g/mol. The maximum absolute atomic E-state index is 12.4. The van der Waals surface area contributed by atoms with Crippen LogP contribution in [0.2, 0.25) is 0 Å². The van der Waals surface area contributed by atoms with E-state index in [9.17, 15) is 8.42 Å². The second-order valence-electron chi connectivity index (χ2n) is 5.65. The molecule has 0 aromatic rings. The average Bonchev–Trinajstić information content (AvgIpc) is 2.47. The Bertz CT molecular complexity index is 374. The predicted molar refractivity (Wildman–Crippen MR) is 81.4 cm³/mol. The lowest BCUT2D eigenvalue weighted by Gasteiger charge is -2.34. The van der Waals surface area contributed by atoms with Crippen molar-refractivity contribution >= 4 is 10.0 Å². The number of nitrogens with one attached hydrogen (secondary N) is 1. The van der Waals surface area contributed by atoms with Crippen LogP contribution in [0.5, 0.6) is 0 Å². The first kappa shape index (κ1) is 16.2. The monoisotopic (exact) mass is 304 g/mol. The van der Waals surface area contributed by atoms with Gasteiger partial charge in [-0.3, -0.25) is 4.90 Å². The highest BCUT2D eigenvalue weighted by Gasteiger charge is 2.27. The van der Waals surface area contributed by atoms with Crippen molar-refractivity contribution in [1.82, 2.24) is 19.4 Å². The van der Waals surface area contributed by atoms with Gasteiger partial charge in [-0.25, -0.2) is 8.42 Å². The van der Waals surface area contributed by atoms with E-state index in [1.807, 2.05) is 0 Å². The number of hydrogen-bond acceptors (Lipinski definition) is 5. The molecule has 0 atom stereocenters. The van der Waals surface area contributed by atoms with Gasteiger partial charge in [-0.2, -0.15) is 4.31 Å². The number of hydrogen-bond donors (Lipinski definition) is 1. The lowest BCUT2D eigenvalue weighted by Crippen LogP contribution is -2.51. The molecular weight excluding hydrogens is 276 g/mol. The molecule has 7 heteroatoms. The SMILES string of the molecule is CCCN1CCN(S(=O)(=O)CCN2CCNCC2)CC1. The van der Waals surface area contributed by atoms with Gasteiger partial charge in [0.15, 0.2) is 0 Å². The molecular formula is C13H28N4O2S. The van der Waals surface area contributed by atoms with E-state index in [-0.39, 0.29) is 5.75 Å². The first-order valence-corrected chi connectivity index (χ1v) is 9.36. The van der Waals surface area contributed by atoms with Crippen molar-refractivity contribution in [3.05, 3.63) is 0 Å². The molecule has 20 heavy (non-hydrogen) atoms. The number of sulfonamides is 1. The first-order chi connectivity index (χ1) is 9.62. The highest BCUT2D eigenvalue weighted by atomic mass is 32.2. The standard InChI is InChI=1S/C13H28N4O2S/c1-2-5-15-8-10-17(11-9-15)20(18,19)13-12-16-6-3-14-4-7-16/h14H,2-13H2,1H3. The summed E-state index contributed by atoms with van der Waals surface area (Å²) in [7, 11) is -3.08. The minimum atomic E-state index is -3.08. The normalized spacial score (nSPS) is 24.1. The van der Waals surface area contributed by atoms with Gasteiger partial charge >= 0.3 is 0 Å². The van der Waals surface area contributed by atoms with E-state index in [1.54, 1.807) is 4.31 Å². The maximum atomic E-state index is 12.4.